The molecule has 3 N–H and O–H groups in total. The summed E-state index contributed by atoms with van der Waals surface area (Å²) in [5.74, 6) is 0.159. The summed E-state index contributed by atoms with van der Waals surface area (Å²) in [4.78, 5) is 10.7. The first kappa shape index (κ1) is 17.6. The van der Waals surface area contributed by atoms with E-state index in [1.807, 2.05) is 13.0 Å². The fourth-order valence-corrected chi connectivity index (χ4v) is 3.04. The van der Waals surface area contributed by atoms with Crippen molar-refractivity contribution in [1.82, 2.24) is 0 Å². The Hall–Kier alpha value is -2.74. The molecule has 0 aliphatic heterocycles. The molecule has 0 fully saturated rings. The highest BCUT2D eigenvalue weighted by atomic mass is 32.2. The second-order valence-corrected chi connectivity index (χ2v) is 6.72. The van der Waals surface area contributed by atoms with Crippen LogP contribution in [0.3, 0.4) is 0 Å². The third-order valence-corrected chi connectivity index (χ3v) is 4.50. The first-order valence-corrected chi connectivity index (χ1v) is 8.49. The zero-order valence-electron chi connectivity index (χ0n) is 13.3. The molecule has 8 heteroatoms. The standard InChI is InChI=1S/C16H18N2O5S/c1-11-3-8-15(22-2)14(9-11)18-24(20,21)13-6-4-12(5-7-13)23-10-16(17)19/h3-9,18H,10H2,1-2H3,(H2,17,19). The smallest absolute Gasteiger partial charge is 0.262 e. The summed E-state index contributed by atoms with van der Waals surface area (Å²) in [6.07, 6.45) is 0. The normalized spacial score (nSPS) is 10.9. The molecule has 0 saturated carbocycles. The van der Waals surface area contributed by atoms with Crippen LogP contribution >= 0.6 is 0 Å². The molecule has 7 nitrogen and oxygen atoms in total. The van der Waals surface area contributed by atoms with E-state index in [-0.39, 0.29) is 11.5 Å². The van der Waals surface area contributed by atoms with Crippen LogP contribution in [0.4, 0.5) is 5.69 Å². The van der Waals surface area contributed by atoms with Crippen molar-refractivity contribution in [2.45, 2.75) is 11.8 Å². The first-order chi connectivity index (χ1) is 11.3. The van der Waals surface area contributed by atoms with E-state index in [2.05, 4.69) is 4.72 Å². The summed E-state index contributed by atoms with van der Waals surface area (Å²) in [5.41, 5.74) is 6.23. The summed E-state index contributed by atoms with van der Waals surface area (Å²) in [6, 6.07) is 10.8. The lowest BCUT2D eigenvalue weighted by Gasteiger charge is -2.13. The molecule has 0 unspecified atom stereocenters. The molecule has 0 atom stereocenters. The van der Waals surface area contributed by atoms with Crippen LogP contribution in [0.5, 0.6) is 11.5 Å². The lowest BCUT2D eigenvalue weighted by molar-refractivity contribution is -0.119. The maximum atomic E-state index is 12.5. The number of amides is 1. The zero-order chi connectivity index (χ0) is 17.7. The first-order valence-electron chi connectivity index (χ1n) is 7.00. The molecule has 0 aromatic heterocycles. The van der Waals surface area contributed by atoms with Crippen molar-refractivity contribution < 1.29 is 22.7 Å². The molecular weight excluding hydrogens is 332 g/mol. The van der Waals surface area contributed by atoms with Crippen molar-refractivity contribution in [2.75, 3.05) is 18.4 Å². The van der Waals surface area contributed by atoms with Gasteiger partial charge in [0.2, 0.25) is 0 Å². The fourth-order valence-electron chi connectivity index (χ4n) is 1.97. The number of methoxy groups -OCH3 is 1. The highest BCUT2D eigenvalue weighted by Crippen LogP contribution is 2.28. The van der Waals surface area contributed by atoms with Gasteiger partial charge in [-0.2, -0.15) is 0 Å². The molecule has 2 rings (SSSR count). The van der Waals surface area contributed by atoms with E-state index in [4.69, 9.17) is 15.2 Å². The number of anilines is 1. The molecule has 128 valence electrons. The monoisotopic (exact) mass is 350 g/mol. The molecule has 0 heterocycles. The molecule has 0 aliphatic carbocycles. The van der Waals surface area contributed by atoms with Gasteiger partial charge in [-0.3, -0.25) is 9.52 Å². The third kappa shape index (κ3) is 4.39. The van der Waals surface area contributed by atoms with Crippen molar-refractivity contribution in [3.8, 4) is 11.5 Å². The lowest BCUT2D eigenvalue weighted by Crippen LogP contribution is -2.20. The molecule has 24 heavy (non-hydrogen) atoms. The number of hydrogen-bond acceptors (Lipinski definition) is 5. The Morgan fingerprint density at radius 2 is 1.83 bits per heavy atom. The van der Waals surface area contributed by atoms with Crippen molar-refractivity contribution in [3.05, 3.63) is 48.0 Å². The highest BCUT2D eigenvalue weighted by Gasteiger charge is 2.17. The quantitative estimate of drug-likeness (QED) is 0.790. The van der Waals surface area contributed by atoms with Gasteiger partial charge < -0.3 is 15.2 Å². The summed E-state index contributed by atoms with van der Waals surface area (Å²) in [6.45, 7) is 1.58. The maximum absolute atomic E-state index is 12.5. The average Bonchev–Trinajstić information content (AvgIpc) is 2.53. The molecule has 2 aromatic rings. The number of nitrogens with two attached hydrogens (primary N) is 1. The molecular formula is C16H18N2O5S. The van der Waals surface area contributed by atoms with Crippen LogP contribution in [0.25, 0.3) is 0 Å². The zero-order valence-corrected chi connectivity index (χ0v) is 14.1. The lowest BCUT2D eigenvalue weighted by atomic mass is 10.2. The van der Waals surface area contributed by atoms with Gasteiger partial charge in [-0.1, -0.05) is 6.07 Å². The minimum Gasteiger partial charge on any atom is -0.495 e. The number of aryl methyl sites for hydroxylation is 1. The Balaban J connectivity index is 2.21. The van der Waals surface area contributed by atoms with E-state index in [0.717, 1.165) is 5.56 Å². The Morgan fingerprint density at radius 1 is 1.17 bits per heavy atom. The van der Waals surface area contributed by atoms with Gasteiger partial charge in [0.1, 0.15) is 11.5 Å². The van der Waals surface area contributed by atoms with Gasteiger partial charge in [0.15, 0.2) is 6.61 Å². The van der Waals surface area contributed by atoms with Crippen LogP contribution in [0, 0.1) is 6.92 Å². The van der Waals surface area contributed by atoms with Crippen molar-refractivity contribution in [2.24, 2.45) is 5.73 Å². The number of ether oxygens (including phenoxy) is 2. The van der Waals surface area contributed by atoms with Gasteiger partial charge in [0, 0.05) is 0 Å². The van der Waals surface area contributed by atoms with Gasteiger partial charge >= 0.3 is 0 Å². The summed E-state index contributed by atoms with van der Waals surface area (Å²) in [7, 11) is -2.32. The third-order valence-electron chi connectivity index (χ3n) is 3.11. The summed E-state index contributed by atoms with van der Waals surface area (Å²) in [5, 5.41) is 0. The number of primary amides is 1. The number of carbonyl (C=O) groups excluding carboxylic acids is 1. The second-order valence-electron chi connectivity index (χ2n) is 5.04. The number of benzene rings is 2. The Bertz CT molecular complexity index is 832. The SMILES string of the molecule is COc1ccc(C)cc1NS(=O)(=O)c1ccc(OCC(N)=O)cc1. The van der Waals surface area contributed by atoms with Gasteiger partial charge in [-0.05, 0) is 48.9 Å². The number of rotatable bonds is 7. The van der Waals surface area contributed by atoms with E-state index in [9.17, 15) is 13.2 Å². The fraction of sp³-hybridized carbons (Fsp3) is 0.188. The highest BCUT2D eigenvalue weighted by molar-refractivity contribution is 7.92. The predicted molar refractivity (Wildman–Crippen MR) is 89.7 cm³/mol. The summed E-state index contributed by atoms with van der Waals surface area (Å²) >= 11 is 0. The number of hydrogen-bond donors (Lipinski definition) is 2. The molecule has 0 spiro atoms. The largest absolute Gasteiger partial charge is 0.495 e. The van der Waals surface area contributed by atoms with E-state index >= 15 is 0 Å². The Morgan fingerprint density at radius 3 is 2.42 bits per heavy atom. The van der Waals surface area contributed by atoms with Gasteiger partial charge in [0.25, 0.3) is 15.9 Å². The molecule has 2 aromatic carbocycles. The minimum atomic E-state index is -3.79. The van der Waals surface area contributed by atoms with Crippen LogP contribution in [0.1, 0.15) is 5.56 Å². The number of sulfonamides is 1. The van der Waals surface area contributed by atoms with E-state index < -0.39 is 15.9 Å². The summed E-state index contributed by atoms with van der Waals surface area (Å²) < 4.78 is 37.7. The number of carbonyl (C=O) groups is 1. The van der Waals surface area contributed by atoms with Gasteiger partial charge in [0.05, 0.1) is 17.7 Å². The van der Waals surface area contributed by atoms with E-state index in [0.29, 0.717) is 17.2 Å². The van der Waals surface area contributed by atoms with E-state index in [1.54, 1.807) is 12.1 Å². The molecule has 1 amide bonds. The Kier molecular flexibility index (Phi) is 5.30. The average molecular weight is 350 g/mol. The second kappa shape index (κ2) is 7.22. The predicted octanol–water partition coefficient (Wildman–Crippen LogP) is 1.67. The van der Waals surface area contributed by atoms with Gasteiger partial charge in [-0.25, -0.2) is 8.42 Å². The molecule has 0 bridgehead atoms. The number of nitrogens with one attached hydrogen (secondary N) is 1. The van der Waals surface area contributed by atoms with Crippen LogP contribution in [-0.2, 0) is 14.8 Å². The molecule has 0 saturated heterocycles. The van der Waals surface area contributed by atoms with Crippen LogP contribution in [0.2, 0.25) is 0 Å². The van der Waals surface area contributed by atoms with Crippen molar-refractivity contribution in [3.63, 3.8) is 0 Å². The van der Waals surface area contributed by atoms with Crippen molar-refractivity contribution >= 4 is 21.6 Å². The van der Waals surface area contributed by atoms with Crippen molar-refractivity contribution in [1.29, 1.82) is 0 Å². The van der Waals surface area contributed by atoms with Crippen LogP contribution in [-0.4, -0.2) is 28.0 Å². The molecule has 0 radical (unpaired) electrons. The topological polar surface area (TPSA) is 108 Å². The van der Waals surface area contributed by atoms with Crippen LogP contribution in [0.15, 0.2) is 47.4 Å². The molecule has 0 aliphatic rings. The van der Waals surface area contributed by atoms with E-state index in [1.165, 1.54) is 31.4 Å². The Labute approximate surface area is 140 Å². The van der Waals surface area contributed by atoms with Crippen LogP contribution < -0.4 is 19.9 Å². The van der Waals surface area contributed by atoms with Gasteiger partial charge in [-0.15, -0.1) is 0 Å². The maximum Gasteiger partial charge on any atom is 0.262 e. The minimum absolute atomic E-state index is 0.0532.